The summed E-state index contributed by atoms with van der Waals surface area (Å²) >= 11 is 1.14. The SMILES string of the molecule is Cc1c([N+](=O)[O-])cc(C(=O)Nc2nc(-c3ccccn3)cs2)cc1[N+](=O)[O-]. The summed E-state index contributed by atoms with van der Waals surface area (Å²) in [5.74, 6) is -0.733. The van der Waals surface area contributed by atoms with Crippen LogP contribution in [0.25, 0.3) is 11.4 Å². The van der Waals surface area contributed by atoms with E-state index in [1.807, 2.05) is 0 Å². The van der Waals surface area contributed by atoms with E-state index >= 15 is 0 Å². The summed E-state index contributed by atoms with van der Waals surface area (Å²) < 4.78 is 0. The number of nitro groups is 2. The van der Waals surface area contributed by atoms with Crippen molar-refractivity contribution in [3.8, 4) is 11.4 Å². The number of thiazole rings is 1. The number of rotatable bonds is 5. The van der Waals surface area contributed by atoms with E-state index in [0.29, 0.717) is 11.4 Å². The lowest BCUT2D eigenvalue weighted by Gasteiger charge is -2.04. The first kappa shape index (κ1) is 18.1. The number of carbonyl (C=O) groups is 1. The van der Waals surface area contributed by atoms with Gasteiger partial charge in [-0.05, 0) is 19.1 Å². The largest absolute Gasteiger partial charge is 0.298 e. The highest BCUT2D eigenvalue weighted by atomic mass is 32.1. The zero-order chi connectivity index (χ0) is 19.6. The Hall–Kier alpha value is -3.73. The Morgan fingerprint density at radius 3 is 2.33 bits per heavy atom. The number of hydrogen-bond donors (Lipinski definition) is 1. The fourth-order valence-electron chi connectivity index (χ4n) is 2.33. The summed E-state index contributed by atoms with van der Waals surface area (Å²) in [6.45, 7) is 1.26. The van der Waals surface area contributed by atoms with Gasteiger partial charge in [0.1, 0.15) is 11.3 Å². The van der Waals surface area contributed by atoms with E-state index in [9.17, 15) is 25.0 Å². The predicted molar refractivity (Wildman–Crippen MR) is 97.8 cm³/mol. The average Bonchev–Trinajstić information content (AvgIpc) is 3.10. The van der Waals surface area contributed by atoms with Crippen molar-refractivity contribution in [2.45, 2.75) is 6.92 Å². The maximum absolute atomic E-state index is 12.4. The summed E-state index contributed by atoms with van der Waals surface area (Å²) in [5, 5.41) is 26.7. The lowest BCUT2D eigenvalue weighted by molar-refractivity contribution is -0.395. The lowest BCUT2D eigenvalue weighted by Crippen LogP contribution is -2.13. The molecule has 0 spiro atoms. The van der Waals surface area contributed by atoms with Crippen LogP contribution in [-0.4, -0.2) is 25.7 Å². The van der Waals surface area contributed by atoms with Crippen molar-refractivity contribution in [1.29, 1.82) is 0 Å². The van der Waals surface area contributed by atoms with Crippen LogP contribution < -0.4 is 5.32 Å². The summed E-state index contributed by atoms with van der Waals surface area (Å²) in [6.07, 6.45) is 1.61. The number of nitrogens with one attached hydrogen (secondary N) is 1. The van der Waals surface area contributed by atoms with Gasteiger partial charge in [-0.3, -0.25) is 35.3 Å². The van der Waals surface area contributed by atoms with Crippen LogP contribution in [0.1, 0.15) is 15.9 Å². The molecule has 0 aliphatic carbocycles. The molecular weight excluding hydrogens is 374 g/mol. The molecule has 3 rings (SSSR count). The van der Waals surface area contributed by atoms with Gasteiger partial charge in [0.05, 0.1) is 21.1 Å². The van der Waals surface area contributed by atoms with Crippen molar-refractivity contribution in [3.63, 3.8) is 0 Å². The van der Waals surface area contributed by atoms with Crippen molar-refractivity contribution in [1.82, 2.24) is 9.97 Å². The fraction of sp³-hybridized carbons (Fsp3) is 0.0625. The molecule has 0 aliphatic heterocycles. The van der Waals surface area contributed by atoms with Gasteiger partial charge in [-0.25, -0.2) is 4.98 Å². The molecule has 2 aromatic heterocycles. The number of aromatic nitrogens is 2. The Bertz CT molecular complexity index is 1020. The molecule has 0 radical (unpaired) electrons. The number of hydrogen-bond acceptors (Lipinski definition) is 8. The van der Waals surface area contributed by atoms with Crippen molar-refractivity contribution >= 4 is 33.8 Å². The molecule has 1 aromatic carbocycles. The minimum atomic E-state index is -0.762. The highest BCUT2D eigenvalue weighted by molar-refractivity contribution is 7.14. The van der Waals surface area contributed by atoms with Crippen molar-refractivity contribution in [3.05, 3.63) is 73.3 Å². The highest BCUT2D eigenvalue weighted by Crippen LogP contribution is 2.30. The number of nitro benzene ring substituents is 2. The van der Waals surface area contributed by atoms with Crippen LogP contribution in [0.5, 0.6) is 0 Å². The van der Waals surface area contributed by atoms with Crippen molar-refractivity contribution in [2.24, 2.45) is 0 Å². The highest BCUT2D eigenvalue weighted by Gasteiger charge is 2.25. The number of carbonyl (C=O) groups excluding carboxylic acids is 1. The molecule has 10 nitrogen and oxygen atoms in total. The van der Waals surface area contributed by atoms with Crippen LogP contribution in [-0.2, 0) is 0 Å². The van der Waals surface area contributed by atoms with Crippen LogP contribution in [0.3, 0.4) is 0 Å². The van der Waals surface area contributed by atoms with Gasteiger partial charge in [0, 0.05) is 23.7 Å². The average molecular weight is 385 g/mol. The molecule has 3 aromatic rings. The van der Waals surface area contributed by atoms with Crippen LogP contribution in [0, 0.1) is 27.2 Å². The second kappa shape index (κ2) is 7.25. The van der Waals surface area contributed by atoms with Gasteiger partial charge in [0.2, 0.25) is 0 Å². The molecule has 1 amide bonds. The standard InChI is InChI=1S/C16H11N5O5S/c1-9-13(20(23)24)6-10(7-14(9)21(25)26)15(22)19-16-18-12(8-27-16)11-4-2-3-5-17-11/h2-8H,1H3,(H,18,19,22). The molecule has 27 heavy (non-hydrogen) atoms. The molecule has 0 saturated heterocycles. The third kappa shape index (κ3) is 3.77. The smallest absolute Gasteiger partial charge is 0.279 e. The van der Waals surface area contributed by atoms with Gasteiger partial charge >= 0.3 is 0 Å². The first-order valence-electron chi connectivity index (χ1n) is 7.48. The molecule has 136 valence electrons. The molecule has 0 bridgehead atoms. The Balaban J connectivity index is 1.90. The van der Waals surface area contributed by atoms with Crippen LogP contribution in [0.15, 0.2) is 41.9 Å². The zero-order valence-electron chi connectivity index (χ0n) is 13.8. The normalized spacial score (nSPS) is 10.4. The maximum atomic E-state index is 12.4. The van der Waals surface area contributed by atoms with E-state index in [2.05, 4.69) is 15.3 Å². The lowest BCUT2D eigenvalue weighted by atomic mass is 10.1. The number of nitrogens with zero attached hydrogens (tertiary/aromatic N) is 4. The predicted octanol–water partition coefficient (Wildman–Crippen LogP) is 3.58. The topological polar surface area (TPSA) is 141 Å². The van der Waals surface area contributed by atoms with Gasteiger partial charge in [-0.1, -0.05) is 6.07 Å². The summed E-state index contributed by atoms with van der Waals surface area (Å²) in [5.41, 5.74) is -0.139. The molecule has 0 saturated carbocycles. The van der Waals surface area contributed by atoms with Gasteiger partial charge in [-0.2, -0.15) is 0 Å². The number of pyridine rings is 1. The third-order valence-electron chi connectivity index (χ3n) is 3.66. The van der Waals surface area contributed by atoms with E-state index in [-0.39, 0.29) is 16.3 Å². The summed E-state index contributed by atoms with van der Waals surface area (Å²) in [6, 6.07) is 7.32. The van der Waals surface area contributed by atoms with Crippen LogP contribution >= 0.6 is 11.3 Å². The Kier molecular flexibility index (Phi) is 4.86. The van der Waals surface area contributed by atoms with Gasteiger partial charge in [0.25, 0.3) is 17.3 Å². The van der Waals surface area contributed by atoms with E-state index < -0.39 is 27.1 Å². The summed E-state index contributed by atoms with van der Waals surface area (Å²) in [4.78, 5) is 41.5. The minimum Gasteiger partial charge on any atom is -0.298 e. The Morgan fingerprint density at radius 2 is 1.78 bits per heavy atom. The Labute approximate surface area is 155 Å². The van der Waals surface area contributed by atoms with Crippen molar-refractivity contribution in [2.75, 3.05) is 5.32 Å². The van der Waals surface area contributed by atoms with E-state index in [1.54, 1.807) is 29.8 Å². The van der Waals surface area contributed by atoms with Crippen LogP contribution in [0.4, 0.5) is 16.5 Å². The van der Waals surface area contributed by atoms with E-state index in [4.69, 9.17) is 0 Å². The maximum Gasteiger partial charge on any atom is 0.279 e. The molecule has 0 unspecified atom stereocenters. The van der Waals surface area contributed by atoms with E-state index in [0.717, 1.165) is 23.5 Å². The first-order chi connectivity index (χ1) is 12.9. The minimum absolute atomic E-state index is 0.117. The van der Waals surface area contributed by atoms with Gasteiger partial charge < -0.3 is 0 Å². The Morgan fingerprint density at radius 1 is 1.11 bits per heavy atom. The van der Waals surface area contributed by atoms with Crippen LogP contribution in [0.2, 0.25) is 0 Å². The van der Waals surface area contributed by atoms with Gasteiger partial charge in [0.15, 0.2) is 5.13 Å². The third-order valence-corrected chi connectivity index (χ3v) is 4.42. The van der Waals surface area contributed by atoms with E-state index in [1.165, 1.54) is 6.92 Å². The van der Waals surface area contributed by atoms with Crippen molar-refractivity contribution < 1.29 is 14.6 Å². The molecule has 11 heteroatoms. The number of amides is 1. The second-order valence-corrected chi connectivity index (χ2v) is 6.22. The monoisotopic (exact) mass is 385 g/mol. The quantitative estimate of drug-likeness (QED) is 0.522. The molecule has 0 aliphatic rings. The number of anilines is 1. The molecule has 0 fully saturated rings. The molecule has 0 atom stereocenters. The summed E-state index contributed by atoms with van der Waals surface area (Å²) in [7, 11) is 0. The fourth-order valence-corrected chi connectivity index (χ4v) is 3.03. The van der Waals surface area contributed by atoms with Gasteiger partial charge in [-0.15, -0.1) is 11.3 Å². The molecule has 2 heterocycles. The zero-order valence-corrected chi connectivity index (χ0v) is 14.6. The molecular formula is C16H11N5O5S. The first-order valence-corrected chi connectivity index (χ1v) is 8.36. The molecule has 1 N–H and O–H groups in total. The second-order valence-electron chi connectivity index (χ2n) is 5.36. The number of benzene rings is 1.